The van der Waals surface area contributed by atoms with E-state index in [0.717, 1.165) is 29.1 Å². The molecule has 1 aliphatic heterocycles. The minimum atomic E-state index is -4.76. The molecule has 0 saturated carbocycles. The highest BCUT2D eigenvalue weighted by molar-refractivity contribution is 5.93. The van der Waals surface area contributed by atoms with Crippen molar-refractivity contribution in [3.63, 3.8) is 0 Å². The molecule has 1 aliphatic rings. The minimum absolute atomic E-state index is 0.0343. The Morgan fingerprint density at radius 3 is 2.51 bits per heavy atom. The number of alkyl halides is 3. The van der Waals surface area contributed by atoms with Gasteiger partial charge in [-0.05, 0) is 61.9 Å². The zero-order valence-corrected chi connectivity index (χ0v) is 22.2. The van der Waals surface area contributed by atoms with E-state index in [0.29, 0.717) is 32.4 Å². The summed E-state index contributed by atoms with van der Waals surface area (Å²) >= 11 is 0. The second-order valence-electron chi connectivity index (χ2n) is 10.3. The minimum Gasteiger partial charge on any atom is -0.370 e. The Balaban J connectivity index is 1.63. The van der Waals surface area contributed by atoms with Gasteiger partial charge < -0.3 is 9.64 Å². The predicted octanol–water partition coefficient (Wildman–Crippen LogP) is 5.82. The third kappa shape index (κ3) is 6.63. The van der Waals surface area contributed by atoms with Crippen LogP contribution in [-0.4, -0.2) is 57.0 Å². The lowest BCUT2D eigenvalue weighted by molar-refractivity contribution is -0.136. The summed E-state index contributed by atoms with van der Waals surface area (Å²) in [4.78, 5) is 32.0. The largest absolute Gasteiger partial charge is 0.420 e. The van der Waals surface area contributed by atoms with Crippen LogP contribution in [-0.2, 0) is 15.7 Å². The highest BCUT2D eigenvalue weighted by atomic mass is 19.4. The van der Waals surface area contributed by atoms with Crippen LogP contribution in [0.2, 0.25) is 0 Å². The number of rotatable bonds is 10. The number of ketones is 1. The molecule has 1 aromatic carbocycles. The maximum Gasteiger partial charge on any atom is 0.420 e. The van der Waals surface area contributed by atoms with Crippen LogP contribution in [0.4, 0.5) is 17.6 Å². The molecule has 7 nitrogen and oxygen atoms in total. The lowest BCUT2D eigenvalue weighted by atomic mass is 9.92. The number of benzene rings is 1. The van der Waals surface area contributed by atoms with E-state index >= 15 is 0 Å². The van der Waals surface area contributed by atoms with E-state index in [1.165, 1.54) is 23.2 Å². The molecule has 0 spiro atoms. The number of carbonyl (C=O) groups excluding carboxylic acids is 2. The first-order valence-electron chi connectivity index (χ1n) is 13.2. The average molecular weight is 549 g/mol. The molecule has 0 radical (unpaired) electrons. The molecule has 1 saturated heterocycles. The molecule has 39 heavy (non-hydrogen) atoms. The molecule has 1 unspecified atom stereocenters. The fourth-order valence-corrected chi connectivity index (χ4v) is 4.85. The molecule has 1 fully saturated rings. The number of hydrogen-bond acceptors (Lipinski definition) is 5. The number of halogens is 4. The van der Waals surface area contributed by atoms with Crippen molar-refractivity contribution in [1.82, 2.24) is 19.5 Å². The number of imidazole rings is 1. The summed E-state index contributed by atoms with van der Waals surface area (Å²) in [6, 6.07) is 5.78. The Hall–Kier alpha value is -3.34. The number of hydrogen-bond donors (Lipinski definition) is 0. The second-order valence-corrected chi connectivity index (χ2v) is 10.3. The summed E-state index contributed by atoms with van der Waals surface area (Å²) in [6.45, 7) is 6.93. The lowest BCUT2D eigenvalue weighted by Crippen LogP contribution is -2.37. The molecule has 3 heterocycles. The van der Waals surface area contributed by atoms with Crippen LogP contribution in [0.5, 0.6) is 0 Å². The van der Waals surface area contributed by atoms with E-state index in [4.69, 9.17) is 4.74 Å². The maximum atomic E-state index is 14.0. The summed E-state index contributed by atoms with van der Waals surface area (Å²) in [7, 11) is 0. The molecule has 4 rings (SSSR count). The topological polar surface area (TPSA) is 76.8 Å². The lowest BCUT2D eigenvalue weighted by Gasteiger charge is -2.26. The van der Waals surface area contributed by atoms with Crippen LogP contribution >= 0.6 is 0 Å². The van der Waals surface area contributed by atoms with E-state index < -0.39 is 35.2 Å². The van der Waals surface area contributed by atoms with Crippen molar-refractivity contribution in [3.8, 4) is 11.3 Å². The van der Waals surface area contributed by atoms with Gasteiger partial charge in [0.2, 0.25) is 0 Å². The first kappa shape index (κ1) is 28.7. The van der Waals surface area contributed by atoms with E-state index in [-0.39, 0.29) is 41.1 Å². The molecule has 0 bridgehead atoms. The van der Waals surface area contributed by atoms with E-state index in [1.54, 1.807) is 0 Å². The first-order chi connectivity index (χ1) is 18.5. The third-order valence-electron chi connectivity index (χ3n) is 6.85. The number of amides is 1. The van der Waals surface area contributed by atoms with Crippen LogP contribution in [0.25, 0.3) is 16.9 Å². The quantitative estimate of drug-likeness (QED) is 0.299. The fraction of sp³-hybridized carbons (Fsp3) is 0.500. The number of carbonyl (C=O) groups is 2. The molecule has 3 aromatic rings. The van der Waals surface area contributed by atoms with Crippen molar-refractivity contribution < 1.29 is 31.9 Å². The number of fused-ring (bicyclic) bond motifs is 1. The van der Waals surface area contributed by atoms with Crippen molar-refractivity contribution in [3.05, 3.63) is 53.6 Å². The zero-order valence-electron chi connectivity index (χ0n) is 22.2. The van der Waals surface area contributed by atoms with Crippen molar-refractivity contribution in [1.29, 1.82) is 0 Å². The third-order valence-corrected chi connectivity index (χ3v) is 6.85. The van der Waals surface area contributed by atoms with Gasteiger partial charge in [0.1, 0.15) is 23.2 Å². The van der Waals surface area contributed by atoms with Gasteiger partial charge in [0.25, 0.3) is 5.91 Å². The van der Waals surface area contributed by atoms with Crippen LogP contribution < -0.4 is 0 Å². The summed E-state index contributed by atoms with van der Waals surface area (Å²) in [5, 5.41) is 4.23. The highest BCUT2D eigenvalue weighted by Gasteiger charge is 2.36. The summed E-state index contributed by atoms with van der Waals surface area (Å²) < 4.78 is 61.8. The van der Waals surface area contributed by atoms with Crippen LogP contribution in [0, 0.1) is 17.7 Å². The van der Waals surface area contributed by atoms with Crippen molar-refractivity contribution in [2.45, 2.75) is 58.7 Å². The van der Waals surface area contributed by atoms with E-state index in [1.807, 2.05) is 20.8 Å². The Bertz CT molecular complexity index is 1310. The van der Waals surface area contributed by atoms with Crippen molar-refractivity contribution >= 4 is 17.3 Å². The fourth-order valence-electron chi connectivity index (χ4n) is 4.85. The SMILES string of the molecule is CCC(CCN(CC(C)C)C(=O)c1cn2nc(-c3ccc(F)cc3)cc(C(F)(F)F)c2n1)C(=O)[C@@H]1CCCO1. The first-order valence-corrected chi connectivity index (χ1v) is 13.2. The van der Waals surface area contributed by atoms with E-state index in [2.05, 4.69) is 10.1 Å². The molecular weight excluding hydrogens is 516 g/mol. The van der Waals surface area contributed by atoms with Gasteiger partial charge in [0.05, 0.1) is 11.9 Å². The van der Waals surface area contributed by atoms with Crippen molar-refractivity contribution in [2.75, 3.05) is 19.7 Å². The molecular formula is C28H32F4N4O3. The Kier molecular flexibility index (Phi) is 8.68. The average Bonchev–Trinajstić information content (AvgIpc) is 3.57. The van der Waals surface area contributed by atoms with Gasteiger partial charge in [-0.15, -0.1) is 0 Å². The molecule has 0 aliphatic carbocycles. The molecule has 2 aromatic heterocycles. The van der Waals surface area contributed by atoms with Crippen LogP contribution in [0.1, 0.15) is 62.5 Å². The molecule has 11 heteroatoms. The Labute approximate surface area is 224 Å². The van der Waals surface area contributed by atoms with Crippen LogP contribution in [0.15, 0.2) is 36.5 Å². The normalized spacial score (nSPS) is 16.7. The molecule has 210 valence electrons. The monoisotopic (exact) mass is 548 g/mol. The number of Topliss-reactive ketones (excluding diaryl/α,β-unsaturated/α-hetero) is 1. The van der Waals surface area contributed by atoms with Crippen LogP contribution in [0.3, 0.4) is 0 Å². The smallest absolute Gasteiger partial charge is 0.370 e. The highest BCUT2D eigenvalue weighted by Crippen LogP contribution is 2.34. The van der Waals surface area contributed by atoms with Gasteiger partial charge >= 0.3 is 6.18 Å². The predicted molar refractivity (Wildman–Crippen MR) is 137 cm³/mol. The number of ether oxygens (including phenoxy) is 1. The zero-order chi connectivity index (χ0) is 28.3. The molecule has 0 N–H and O–H groups in total. The molecule has 1 amide bonds. The Morgan fingerprint density at radius 1 is 1.21 bits per heavy atom. The summed E-state index contributed by atoms with van der Waals surface area (Å²) in [6.07, 6.45) is -1.44. The number of nitrogens with zero attached hydrogens (tertiary/aromatic N) is 4. The van der Waals surface area contributed by atoms with Gasteiger partial charge in [0, 0.05) is 31.2 Å². The summed E-state index contributed by atoms with van der Waals surface area (Å²) in [5.74, 6) is -1.24. The maximum absolute atomic E-state index is 14.0. The van der Waals surface area contributed by atoms with Crippen molar-refractivity contribution in [2.24, 2.45) is 11.8 Å². The Morgan fingerprint density at radius 2 is 1.92 bits per heavy atom. The van der Waals surface area contributed by atoms with Gasteiger partial charge in [0.15, 0.2) is 11.4 Å². The van der Waals surface area contributed by atoms with E-state index in [9.17, 15) is 27.2 Å². The van der Waals surface area contributed by atoms with Gasteiger partial charge in [-0.25, -0.2) is 13.9 Å². The van der Waals surface area contributed by atoms with Gasteiger partial charge in [-0.1, -0.05) is 20.8 Å². The van der Waals surface area contributed by atoms with Gasteiger partial charge in [-0.2, -0.15) is 18.3 Å². The number of aromatic nitrogens is 3. The summed E-state index contributed by atoms with van der Waals surface area (Å²) in [5.41, 5.74) is -1.49. The van der Waals surface area contributed by atoms with Gasteiger partial charge in [-0.3, -0.25) is 9.59 Å². The second kappa shape index (κ2) is 11.8. The molecule has 2 atom stereocenters. The standard InChI is InChI=1S/C28H32F4N4O3/c1-4-18(25(37)24-6-5-13-39-24)11-12-35(15-17(2)3)27(38)23-16-36-26(33-23)21(28(30,31)32)14-22(34-36)19-7-9-20(29)10-8-19/h7-10,14,16-18,24H,4-6,11-13,15H2,1-3H3/t18?,24-/m0/s1.